The molecule has 0 fully saturated rings. The van der Waals surface area contributed by atoms with Gasteiger partial charge in [-0.05, 0) is 5.75 Å². The number of thiol groups is 1. The lowest BCUT2D eigenvalue weighted by Crippen LogP contribution is -2.30. The van der Waals surface area contributed by atoms with Crippen molar-refractivity contribution in [2.45, 2.75) is 12.6 Å². The molecule has 0 unspecified atom stereocenters. The highest BCUT2D eigenvalue weighted by atomic mass is 32.1. The summed E-state index contributed by atoms with van der Waals surface area (Å²) < 4.78 is 32.1. The average Bonchev–Trinajstić information content (AvgIpc) is 1.85. The average molecular weight is 218 g/mol. The highest BCUT2D eigenvalue weighted by molar-refractivity contribution is 7.80. The van der Waals surface area contributed by atoms with Crippen LogP contribution in [0.1, 0.15) is 6.42 Å². The minimum atomic E-state index is -4.86. The van der Waals surface area contributed by atoms with Gasteiger partial charge in [0.15, 0.2) is 0 Å². The molecule has 0 aliphatic heterocycles. The molecule has 78 valence electrons. The summed E-state index contributed by atoms with van der Waals surface area (Å²) >= 11 is 3.76. The maximum absolute atomic E-state index is 10.7. The molecule has 2 amide bonds. The van der Waals surface area contributed by atoms with Gasteiger partial charge < -0.3 is 11.5 Å². The fourth-order valence-electron chi connectivity index (χ4n) is 0.110. The Bertz CT molecular complexity index is 183. The van der Waals surface area contributed by atoms with Crippen molar-refractivity contribution in [3.8, 4) is 0 Å². The number of nitrogens with two attached hydrogens (primary N) is 2. The Morgan fingerprint density at radius 1 is 1.23 bits per heavy atom. The maximum Gasteiger partial charge on any atom is 0.470 e. The number of carbonyl (C=O) groups excluding carboxylic acids is 2. The van der Waals surface area contributed by atoms with Crippen molar-refractivity contribution in [2.24, 2.45) is 11.5 Å². The number of rotatable bonds is 2. The summed E-state index contributed by atoms with van der Waals surface area (Å²) in [4.78, 5) is 18.9. The molecule has 0 aromatic rings. The fourth-order valence-corrected chi connectivity index (χ4v) is 0.331. The molecule has 0 rings (SSSR count). The normalized spacial score (nSPS) is 9.85. The molecule has 0 saturated carbocycles. The molecular weight excluding hydrogens is 209 g/mol. The van der Waals surface area contributed by atoms with Gasteiger partial charge in [-0.15, -0.1) is 0 Å². The number of amides is 2. The predicted octanol–water partition coefficient (Wildman–Crippen LogP) is -0.174. The lowest BCUT2D eigenvalue weighted by Gasteiger charge is -1.95. The number of carbonyl (C=O) groups is 2. The van der Waals surface area contributed by atoms with Gasteiger partial charge in [0.05, 0.1) is 0 Å². The zero-order valence-electron chi connectivity index (χ0n) is 6.47. The quantitative estimate of drug-likeness (QED) is 0.562. The molecule has 0 spiro atoms. The van der Waals surface area contributed by atoms with Crippen molar-refractivity contribution in [3.05, 3.63) is 0 Å². The molecule has 0 aliphatic carbocycles. The van der Waals surface area contributed by atoms with E-state index in [-0.39, 0.29) is 5.91 Å². The third-order valence-electron chi connectivity index (χ3n) is 0.638. The Hall–Kier alpha value is -0.920. The molecule has 0 atom stereocenters. The summed E-state index contributed by atoms with van der Waals surface area (Å²) in [5.74, 6) is -1.99. The van der Waals surface area contributed by atoms with Crippen molar-refractivity contribution >= 4 is 24.4 Å². The lowest BCUT2D eigenvalue weighted by molar-refractivity contribution is -0.169. The van der Waals surface area contributed by atoms with Crippen LogP contribution in [0, 0.1) is 0 Å². The first kappa shape index (κ1) is 14.6. The van der Waals surface area contributed by atoms with E-state index in [0.29, 0.717) is 12.2 Å². The van der Waals surface area contributed by atoms with Crippen LogP contribution in [0.4, 0.5) is 13.2 Å². The number of hydrogen-bond donors (Lipinski definition) is 3. The van der Waals surface area contributed by atoms with Gasteiger partial charge in [-0.2, -0.15) is 25.8 Å². The highest BCUT2D eigenvalue weighted by Crippen LogP contribution is 2.11. The highest BCUT2D eigenvalue weighted by Gasteiger charge is 2.35. The van der Waals surface area contributed by atoms with Crippen LogP contribution >= 0.6 is 12.6 Å². The van der Waals surface area contributed by atoms with Gasteiger partial charge in [0.25, 0.3) is 0 Å². The topological polar surface area (TPSA) is 86.2 Å². The van der Waals surface area contributed by atoms with Crippen LogP contribution in [0.15, 0.2) is 0 Å². The minimum Gasteiger partial charge on any atom is -0.370 e. The summed E-state index contributed by atoms with van der Waals surface area (Å²) in [6, 6.07) is 0. The Kier molecular flexibility index (Phi) is 7.39. The van der Waals surface area contributed by atoms with Crippen LogP contribution in [0.3, 0.4) is 0 Å². The first-order chi connectivity index (χ1) is 5.71. The SMILES string of the molecule is NC(=O)C(F)(F)F.NC(=O)CCS. The Morgan fingerprint density at radius 3 is 1.54 bits per heavy atom. The van der Waals surface area contributed by atoms with Gasteiger partial charge in [-0.3, -0.25) is 9.59 Å². The Morgan fingerprint density at radius 2 is 1.54 bits per heavy atom. The molecule has 0 saturated heterocycles. The van der Waals surface area contributed by atoms with Crippen molar-refractivity contribution in [1.29, 1.82) is 0 Å². The Labute approximate surface area is 77.9 Å². The summed E-state index contributed by atoms with van der Waals surface area (Å²) in [6.45, 7) is 0. The third-order valence-corrected chi connectivity index (χ3v) is 0.861. The number of hydrogen-bond acceptors (Lipinski definition) is 3. The van der Waals surface area contributed by atoms with Crippen molar-refractivity contribution < 1.29 is 22.8 Å². The first-order valence-corrected chi connectivity index (χ1v) is 3.60. The number of primary amides is 2. The molecule has 0 aliphatic rings. The van der Waals surface area contributed by atoms with Gasteiger partial charge in [0.1, 0.15) is 0 Å². The van der Waals surface area contributed by atoms with Gasteiger partial charge in [-0.1, -0.05) is 0 Å². The molecule has 0 bridgehead atoms. The van der Waals surface area contributed by atoms with E-state index in [9.17, 15) is 18.0 Å². The van der Waals surface area contributed by atoms with Crippen molar-refractivity contribution in [1.82, 2.24) is 0 Å². The van der Waals surface area contributed by atoms with Crippen molar-refractivity contribution in [2.75, 3.05) is 5.75 Å². The van der Waals surface area contributed by atoms with Crippen LogP contribution in [0.25, 0.3) is 0 Å². The summed E-state index contributed by atoms with van der Waals surface area (Å²) in [5.41, 5.74) is 8.52. The molecule has 13 heavy (non-hydrogen) atoms. The predicted molar refractivity (Wildman–Crippen MR) is 42.9 cm³/mol. The molecule has 4 N–H and O–H groups in total. The second kappa shape index (κ2) is 6.58. The van der Waals surface area contributed by atoms with Gasteiger partial charge >= 0.3 is 12.1 Å². The fraction of sp³-hybridized carbons (Fsp3) is 0.600. The van der Waals surface area contributed by atoms with E-state index in [0.717, 1.165) is 0 Å². The Balaban J connectivity index is 0. The van der Waals surface area contributed by atoms with E-state index in [1.54, 1.807) is 0 Å². The smallest absolute Gasteiger partial charge is 0.370 e. The monoisotopic (exact) mass is 218 g/mol. The van der Waals surface area contributed by atoms with Crippen LogP contribution in [-0.4, -0.2) is 23.7 Å². The standard InChI is InChI=1S/C3H7NOS.C2H2F3NO/c4-3(5)1-2-6;3-2(4,5)1(6)7/h6H,1-2H2,(H2,4,5);(H2,6,7). The van der Waals surface area contributed by atoms with Gasteiger partial charge in [0, 0.05) is 6.42 Å². The zero-order valence-corrected chi connectivity index (χ0v) is 7.36. The largest absolute Gasteiger partial charge is 0.470 e. The second-order valence-electron chi connectivity index (χ2n) is 1.80. The van der Waals surface area contributed by atoms with Crippen LogP contribution in [0.5, 0.6) is 0 Å². The van der Waals surface area contributed by atoms with Crippen LogP contribution in [0.2, 0.25) is 0 Å². The van der Waals surface area contributed by atoms with Crippen molar-refractivity contribution in [3.63, 3.8) is 0 Å². The summed E-state index contributed by atoms with van der Waals surface area (Å²) in [6.07, 6.45) is -4.48. The first-order valence-electron chi connectivity index (χ1n) is 2.97. The maximum atomic E-state index is 10.7. The second-order valence-corrected chi connectivity index (χ2v) is 2.25. The molecular formula is C5H9F3N2O2S. The molecule has 0 aromatic carbocycles. The third kappa shape index (κ3) is 14.0. The molecule has 4 nitrogen and oxygen atoms in total. The summed E-state index contributed by atoms with van der Waals surface area (Å²) in [5, 5.41) is 0. The van der Waals surface area contributed by atoms with E-state index < -0.39 is 12.1 Å². The van der Waals surface area contributed by atoms with E-state index >= 15 is 0 Å². The zero-order chi connectivity index (χ0) is 11.1. The van der Waals surface area contributed by atoms with E-state index in [1.165, 1.54) is 0 Å². The molecule has 0 aromatic heterocycles. The van der Waals surface area contributed by atoms with Gasteiger partial charge in [-0.25, -0.2) is 0 Å². The number of alkyl halides is 3. The van der Waals surface area contributed by atoms with Crippen LogP contribution < -0.4 is 11.5 Å². The lowest BCUT2D eigenvalue weighted by atomic mass is 10.5. The minimum absolute atomic E-state index is 0.287. The molecule has 0 heterocycles. The summed E-state index contributed by atoms with van der Waals surface area (Å²) in [7, 11) is 0. The number of halogens is 3. The molecule has 0 radical (unpaired) electrons. The van der Waals surface area contributed by atoms with E-state index in [2.05, 4.69) is 18.4 Å². The van der Waals surface area contributed by atoms with Crippen LogP contribution in [-0.2, 0) is 9.59 Å². The van der Waals surface area contributed by atoms with E-state index in [1.807, 2.05) is 0 Å². The van der Waals surface area contributed by atoms with E-state index in [4.69, 9.17) is 10.5 Å². The molecule has 8 heteroatoms. The van der Waals surface area contributed by atoms with Gasteiger partial charge in [0.2, 0.25) is 5.91 Å².